The minimum atomic E-state index is 1.17. The third kappa shape index (κ3) is 4.73. The van der Waals surface area contributed by atoms with E-state index < -0.39 is 0 Å². The molecule has 0 atom stereocenters. The van der Waals surface area contributed by atoms with Crippen LogP contribution < -0.4 is 4.90 Å². The van der Waals surface area contributed by atoms with E-state index in [4.69, 9.17) is 0 Å². The lowest BCUT2D eigenvalue weighted by Gasteiger charge is -2.27. The number of aryl methyl sites for hydroxylation is 3. The van der Waals surface area contributed by atoms with E-state index >= 15 is 0 Å². The van der Waals surface area contributed by atoms with Gasteiger partial charge in [-0.1, -0.05) is 65.5 Å². The second-order valence-electron chi connectivity index (χ2n) is 9.50. The molecule has 0 heterocycles. The van der Waals surface area contributed by atoms with Crippen molar-refractivity contribution in [2.45, 2.75) is 58.8 Å². The summed E-state index contributed by atoms with van der Waals surface area (Å²) in [4.78, 5) is 2.41. The fraction of sp³-hybridized carbons (Fsp3) is 0.290. The zero-order valence-corrected chi connectivity index (χ0v) is 21.3. The first kappa shape index (κ1) is 22.2. The number of halogens is 1. The Balaban J connectivity index is 1.71. The Morgan fingerprint density at radius 3 is 1.82 bits per heavy atom. The molecule has 2 heteroatoms. The van der Waals surface area contributed by atoms with Crippen LogP contribution in [-0.4, -0.2) is 0 Å². The van der Waals surface area contributed by atoms with Crippen molar-refractivity contribution in [3.8, 4) is 0 Å². The summed E-state index contributed by atoms with van der Waals surface area (Å²) in [5.74, 6) is 0. The molecule has 0 bridgehead atoms. The van der Waals surface area contributed by atoms with Crippen molar-refractivity contribution in [3.63, 3.8) is 0 Å². The van der Waals surface area contributed by atoms with Crippen LogP contribution in [0.5, 0.6) is 0 Å². The number of nitrogens with zero attached hydrogens (tertiary/aromatic N) is 1. The lowest BCUT2D eigenvalue weighted by Crippen LogP contribution is -2.10. The average molecular weight is 499 g/mol. The predicted molar refractivity (Wildman–Crippen MR) is 146 cm³/mol. The molecule has 0 saturated heterocycles. The minimum absolute atomic E-state index is 1.17. The van der Waals surface area contributed by atoms with Gasteiger partial charge in [-0.2, -0.15) is 0 Å². The summed E-state index contributed by atoms with van der Waals surface area (Å²) in [7, 11) is 0. The third-order valence-corrected chi connectivity index (χ3v) is 7.64. The van der Waals surface area contributed by atoms with Gasteiger partial charge in [0.25, 0.3) is 0 Å². The second kappa shape index (κ2) is 9.73. The molecule has 0 unspecified atom stereocenters. The first-order valence-electron chi connectivity index (χ1n) is 12.3. The lowest BCUT2D eigenvalue weighted by atomic mass is 9.93. The molecule has 0 aromatic heterocycles. The van der Waals surface area contributed by atoms with Crippen LogP contribution in [0.15, 0.2) is 77.3 Å². The van der Waals surface area contributed by atoms with Gasteiger partial charge >= 0.3 is 0 Å². The highest BCUT2D eigenvalue weighted by molar-refractivity contribution is 9.10. The van der Waals surface area contributed by atoms with Gasteiger partial charge < -0.3 is 4.90 Å². The summed E-state index contributed by atoms with van der Waals surface area (Å²) in [5.41, 5.74) is 9.26. The van der Waals surface area contributed by atoms with Crippen molar-refractivity contribution in [1.82, 2.24) is 0 Å². The fourth-order valence-electron chi connectivity index (χ4n) is 5.27. The van der Waals surface area contributed by atoms with E-state index in [9.17, 15) is 0 Å². The maximum Gasteiger partial charge on any atom is 0.0468 e. The number of rotatable bonds is 3. The Morgan fingerprint density at radius 1 is 0.606 bits per heavy atom. The van der Waals surface area contributed by atoms with Crippen LogP contribution in [0.4, 0.5) is 17.1 Å². The maximum absolute atomic E-state index is 3.92. The van der Waals surface area contributed by atoms with Crippen LogP contribution in [0.3, 0.4) is 0 Å². The van der Waals surface area contributed by atoms with Gasteiger partial charge in [0.15, 0.2) is 0 Å². The van der Waals surface area contributed by atoms with Gasteiger partial charge in [-0.05, 0) is 115 Å². The average Bonchev–Trinajstić information content (AvgIpc) is 2.92. The molecule has 0 amide bonds. The van der Waals surface area contributed by atoms with Crippen molar-refractivity contribution < 1.29 is 0 Å². The van der Waals surface area contributed by atoms with Gasteiger partial charge in [0.2, 0.25) is 0 Å². The Labute approximate surface area is 206 Å². The van der Waals surface area contributed by atoms with E-state index in [2.05, 4.69) is 107 Å². The van der Waals surface area contributed by atoms with Gasteiger partial charge in [-0.25, -0.2) is 0 Å². The summed E-state index contributed by atoms with van der Waals surface area (Å²) in [6.45, 7) is 4.34. The van der Waals surface area contributed by atoms with E-state index in [0.717, 1.165) is 0 Å². The van der Waals surface area contributed by atoms with E-state index in [1.165, 1.54) is 93.9 Å². The largest absolute Gasteiger partial charge is 0.310 e. The van der Waals surface area contributed by atoms with E-state index in [1.807, 2.05) is 0 Å². The number of hydrogen-bond acceptors (Lipinski definition) is 1. The molecule has 0 spiro atoms. The van der Waals surface area contributed by atoms with Gasteiger partial charge in [0.05, 0.1) is 0 Å². The summed E-state index contributed by atoms with van der Waals surface area (Å²) in [5, 5.41) is 2.75. The molecule has 0 radical (unpaired) electrons. The molecule has 1 aliphatic carbocycles. The number of fused-ring (bicyclic) bond motifs is 3. The van der Waals surface area contributed by atoms with Crippen molar-refractivity contribution in [2.24, 2.45) is 0 Å². The zero-order valence-electron chi connectivity index (χ0n) is 19.7. The van der Waals surface area contributed by atoms with Crippen LogP contribution >= 0.6 is 15.9 Å². The van der Waals surface area contributed by atoms with Crippen LogP contribution in [0, 0.1) is 13.8 Å². The monoisotopic (exact) mass is 497 g/mol. The molecule has 1 aliphatic rings. The zero-order chi connectivity index (χ0) is 22.8. The maximum atomic E-state index is 3.92. The van der Waals surface area contributed by atoms with E-state index in [0.29, 0.717) is 0 Å². The topological polar surface area (TPSA) is 3.24 Å². The molecule has 4 aromatic carbocycles. The molecule has 0 aliphatic heterocycles. The van der Waals surface area contributed by atoms with E-state index in [1.54, 1.807) is 5.56 Å². The Morgan fingerprint density at radius 2 is 1.18 bits per heavy atom. The Hall–Kier alpha value is -2.58. The summed E-state index contributed by atoms with van der Waals surface area (Å²) in [6.07, 6.45) is 8.96. The van der Waals surface area contributed by atoms with Crippen LogP contribution in [0.1, 0.15) is 54.4 Å². The molecule has 0 fully saturated rings. The quantitative estimate of drug-likeness (QED) is 0.272. The second-order valence-corrected chi connectivity index (χ2v) is 10.4. The summed E-state index contributed by atoms with van der Waals surface area (Å²) < 4.78 is 1.29. The lowest BCUT2D eigenvalue weighted by molar-refractivity contribution is 0.629. The van der Waals surface area contributed by atoms with Gasteiger partial charge in [0.1, 0.15) is 0 Å². The number of hydrogen-bond donors (Lipinski definition) is 0. The predicted octanol–water partition coefficient (Wildman–Crippen LogP) is 9.74. The Bertz CT molecular complexity index is 1240. The molecule has 4 aromatic rings. The third-order valence-electron chi connectivity index (χ3n) is 6.93. The molecule has 0 N–H and O–H groups in total. The number of anilines is 3. The fourth-order valence-corrected chi connectivity index (χ4v) is 5.96. The van der Waals surface area contributed by atoms with Crippen LogP contribution in [0.2, 0.25) is 0 Å². The SMILES string of the molecule is Cc1cccc(N(c2cccc(C)c2)c2ccc3cc(Br)c4c(c3c2)CCCCCCC4)c1. The highest BCUT2D eigenvalue weighted by atomic mass is 79.9. The van der Waals surface area contributed by atoms with Crippen molar-refractivity contribution in [1.29, 1.82) is 0 Å². The minimum Gasteiger partial charge on any atom is -0.310 e. The summed E-state index contributed by atoms with van der Waals surface area (Å²) >= 11 is 3.92. The van der Waals surface area contributed by atoms with Crippen molar-refractivity contribution in [3.05, 3.63) is 99.5 Å². The van der Waals surface area contributed by atoms with Crippen LogP contribution in [0.25, 0.3) is 10.8 Å². The van der Waals surface area contributed by atoms with E-state index in [-0.39, 0.29) is 0 Å². The molecule has 5 rings (SSSR count). The van der Waals surface area contributed by atoms with Gasteiger partial charge in [-0.3, -0.25) is 0 Å². The molecule has 33 heavy (non-hydrogen) atoms. The van der Waals surface area contributed by atoms with Gasteiger partial charge in [0, 0.05) is 21.5 Å². The summed E-state index contributed by atoms with van der Waals surface area (Å²) in [6, 6.07) is 27.0. The Kier molecular flexibility index (Phi) is 6.55. The molecular weight excluding hydrogens is 466 g/mol. The highest BCUT2D eigenvalue weighted by Crippen LogP contribution is 2.40. The first-order chi connectivity index (χ1) is 16.1. The van der Waals surface area contributed by atoms with Gasteiger partial charge in [-0.15, -0.1) is 0 Å². The van der Waals surface area contributed by atoms with Crippen LogP contribution in [-0.2, 0) is 12.8 Å². The molecule has 168 valence electrons. The molecule has 1 nitrogen and oxygen atoms in total. The van der Waals surface area contributed by atoms with Crippen molar-refractivity contribution in [2.75, 3.05) is 4.90 Å². The standard InChI is InChI=1S/C31H32BrN/c1-22-10-8-12-25(18-22)33(26-13-9-11-23(2)19-26)27-17-16-24-20-31(32)29-15-7-5-3-4-6-14-28(29)30(24)21-27/h8-13,16-21H,3-7,14-15H2,1-2H3. The number of benzene rings is 4. The normalized spacial score (nSPS) is 14.3. The molecular formula is C31H32BrN. The first-order valence-corrected chi connectivity index (χ1v) is 13.1. The van der Waals surface area contributed by atoms with Crippen molar-refractivity contribution >= 4 is 43.8 Å². The smallest absolute Gasteiger partial charge is 0.0468 e. The molecule has 0 saturated carbocycles. The highest BCUT2D eigenvalue weighted by Gasteiger charge is 2.17.